The van der Waals surface area contributed by atoms with E-state index in [2.05, 4.69) is 15.3 Å². The number of halogens is 1. The summed E-state index contributed by atoms with van der Waals surface area (Å²) in [4.78, 5) is 25.1. The van der Waals surface area contributed by atoms with Crippen LogP contribution in [-0.4, -0.2) is 46.1 Å². The van der Waals surface area contributed by atoms with Crippen LogP contribution < -0.4 is 5.32 Å². The number of aromatic nitrogens is 2. The van der Waals surface area contributed by atoms with Crippen molar-refractivity contribution in [3.8, 4) is 10.6 Å². The summed E-state index contributed by atoms with van der Waals surface area (Å²) in [6.45, 7) is 5.65. The Morgan fingerprint density at radius 1 is 1.23 bits per heavy atom. The van der Waals surface area contributed by atoms with Gasteiger partial charge in [-0.3, -0.25) is 9.78 Å². The molecule has 0 aromatic carbocycles. The van der Waals surface area contributed by atoms with E-state index in [1.165, 1.54) is 11.3 Å². The summed E-state index contributed by atoms with van der Waals surface area (Å²) in [6, 6.07) is 7.75. The Hall–Kier alpha value is -2.16. The molecule has 0 unspecified atom stereocenters. The Balaban J connectivity index is 1.28. The molecule has 4 heterocycles. The minimum Gasteiger partial charge on any atom is -0.338 e. The summed E-state index contributed by atoms with van der Waals surface area (Å²) in [5.74, 6) is -0.0166. The molecule has 5 nitrogen and oxygen atoms in total. The fourth-order valence-corrected chi connectivity index (χ4v) is 5.15. The molecule has 1 aliphatic rings. The lowest BCUT2D eigenvalue weighted by molar-refractivity contribution is 0.0438. The lowest BCUT2D eigenvalue weighted by Crippen LogP contribution is -2.48. The van der Waals surface area contributed by atoms with Crippen LogP contribution in [0, 0.1) is 13.8 Å². The van der Waals surface area contributed by atoms with Crippen LogP contribution in [-0.2, 0) is 6.54 Å². The molecule has 3 aromatic heterocycles. The van der Waals surface area contributed by atoms with Gasteiger partial charge in [-0.1, -0.05) is 6.07 Å². The van der Waals surface area contributed by atoms with Crippen molar-refractivity contribution in [1.82, 2.24) is 20.2 Å². The lowest BCUT2D eigenvalue weighted by Gasteiger charge is -2.36. The minimum absolute atomic E-state index is 0.0166. The van der Waals surface area contributed by atoms with E-state index in [-0.39, 0.29) is 12.5 Å². The molecular formula is C22H25FN4OS2. The molecule has 0 bridgehead atoms. The molecule has 3 aromatic rings. The number of carbonyl (C=O) groups excluding carboxylic acids is 1. The van der Waals surface area contributed by atoms with Crippen molar-refractivity contribution in [2.75, 3.05) is 19.6 Å². The van der Waals surface area contributed by atoms with E-state index in [4.69, 9.17) is 0 Å². The van der Waals surface area contributed by atoms with Crippen molar-refractivity contribution in [2.45, 2.75) is 38.9 Å². The summed E-state index contributed by atoms with van der Waals surface area (Å²) in [6.07, 6.45) is 2.51. The van der Waals surface area contributed by atoms with Gasteiger partial charge in [0.2, 0.25) is 0 Å². The summed E-state index contributed by atoms with van der Waals surface area (Å²) in [5.41, 5.74) is 1.63. The van der Waals surface area contributed by atoms with Crippen LogP contribution in [0.4, 0.5) is 4.39 Å². The van der Waals surface area contributed by atoms with Crippen molar-refractivity contribution in [2.24, 2.45) is 0 Å². The number of hydrogen-bond donors (Lipinski definition) is 1. The average molecular weight is 445 g/mol. The molecule has 1 saturated heterocycles. The van der Waals surface area contributed by atoms with Gasteiger partial charge >= 0.3 is 0 Å². The van der Waals surface area contributed by atoms with Crippen LogP contribution in [0.25, 0.3) is 10.6 Å². The smallest absolute Gasteiger partial charge is 0.263 e. The number of rotatable bonds is 6. The van der Waals surface area contributed by atoms with Gasteiger partial charge in [-0.25, -0.2) is 9.37 Å². The number of piperidine rings is 1. The fourth-order valence-electron chi connectivity index (χ4n) is 3.53. The van der Waals surface area contributed by atoms with E-state index >= 15 is 4.39 Å². The van der Waals surface area contributed by atoms with Crippen molar-refractivity contribution in [1.29, 1.82) is 0 Å². The highest BCUT2D eigenvalue weighted by Crippen LogP contribution is 2.31. The molecular weight excluding hydrogens is 419 g/mol. The number of pyridine rings is 1. The van der Waals surface area contributed by atoms with Gasteiger partial charge in [0.1, 0.15) is 5.67 Å². The molecule has 1 amide bonds. The first-order valence-corrected chi connectivity index (χ1v) is 11.7. The van der Waals surface area contributed by atoms with Crippen LogP contribution in [0.15, 0.2) is 35.8 Å². The Morgan fingerprint density at radius 3 is 2.70 bits per heavy atom. The number of thiophene rings is 1. The van der Waals surface area contributed by atoms with Crippen LogP contribution in [0.1, 0.15) is 38.8 Å². The topological polar surface area (TPSA) is 58.1 Å². The van der Waals surface area contributed by atoms with Crippen molar-refractivity contribution >= 4 is 28.6 Å². The second-order valence-electron chi connectivity index (χ2n) is 7.79. The van der Waals surface area contributed by atoms with E-state index in [9.17, 15) is 4.79 Å². The maximum absolute atomic E-state index is 15.2. The molecule has 0 saturated carbocycles. The zero-order chi connectivity index (χ0) is 21.1. The highest BCUT2D eigenvalue weighted by Gasteiger charge is 2.36. The Labute approximate surface area is 184 Å². The summed E-state index contributed by atoms with van der Waals surface area (Å²) >= 11 is 3.05. The van der Waals surface area contributed by atoms with Gasteiger partial charge in [0.05, 0.1) is 26.1 Å². The SMILES string of the molecule is Cc1ccc(CNCC2(F)CCN(C(=O)c3ccc(-c4csc(C)n4)s3)CC2)nc1. The van der Waals surface area contributed by atoms with Crippen molar-refractivity contribution < 1.29 is 9.18 Å². The van der Waals surface area contributed by atoms with Gasteiger partial charge in [-0.15, -0.1) is 22.7 Å². The number of alkyl halides is 1. The van der Waals surface area contributed by atoms with E-state index in [1.807, 2.05) is 49.7 Å². The Kier molecular flexibility index (Phi) is 6.26. The maximum atomic E-state index is 15.2. The largest absolute Gasteiger partial charge is 0.338 e. The number of carbonyl (C=O) groups is 1. The average Bonchev–Trinajstić information content (AvgIpc) is 3.39. The highest BCUT2D eigenvalue weighted by molar-refractivity contribution is 7.17. The van der Waals surface area contributed by atoms with Gasteiger partial charge in [0.15, 0.2) is 0 Å². The standard InChI is InChI=1S/C22H25FN4OS2/c1-15-3-4-17(25-11-15)12-24-14-22(23)7-9-27(10-8-22)21(28)20-6-5-19(30-20)18-13-29-16(2)26-18/h3-6,11,13,24H,7-10,12,14H2,1-2H3. The second kappa shape index (κ2) is 8.91. The number of thiazole rings is 1. The van der Waals surface area contributed by atoms with Gasteiger partial charge in [-0.05, 0) is 37.6 Å². The quantitative estimate of drug-likeness (QED) is 0.603. The third-order valence-corrected chi connectivity index (χ3v) is 7.22. The Morgan fingerprint density at radius 2 is 2.03 bits per heavy atom. The van der Waals surface area contributed by atoms with Crippen LogP contribution in [0.3, 0.4) is 0 Å². The van der Waals surface area contributed by atoms with Crippen molar-refractivity contribution in [3.63, 3.8) is 0 Å². The molecule has 1 fully saturated rings. The number of hydrogen-bond acceptors (Lipinski definition) is 6. The number of aryl methyl sites for hydroxylation is 2. The summed E-state index contributed by atoms with van der Waals surface area (Å²) < 4.78 is 15.2. The highest BCUT2D eigenvalue weighted by atomic mass is 32.1. The predicted molar refractivity (Wildman–Crippen MR) is 120 cm³/mol. The number of nitrogens with one attached hydrogen (secondary N) is 1. The number of amides is 1. The minimum atomic E-state index is -1.29. The molecule has 0 atom stereocenters. The van der Waals surface area contributed by atoms with E-state index in [0.29, 0.717) is 37.4 Å². The number of likely N-dealkylation sites (tertiary alicyclic amines) is 1. The summed E-state index contributed by atoms with van der Waals surface area (Å²) in [5, 5.41) is 6.20. The van der Waals surface area contributed by atoms with Crippen LogP contribution >= 0.6 is 22.7 Å². The first-order chi connectivity index (χ1) is 14.4. The Bertz CT molecular complexity index is 1010. The molecule has 1 aliphatic heterocycles. The molecule has 1 N–H and O–H groups in total. The zero-order valence-corrected chi connectivity index (χ0v) is 18.8. The van der Waals surface area contributed by atoms with Gasteiger partial charge in [0.25, 0.3) is 5.91 Å². The monoisotopic (exact) mass is 444 g/mol. The van der Waals surface area contributed by atoms with E-state index < -0.39 is 5.67 Å². The fraction of sp³-hybridized carbons (Fsp3) is 0.409. The molecule has 0 spiro atoms. The van der Waals surface area contributed by atoms with E-state index in [0.717, 1.165) is 26.8 Å². The first kappa shape index (κ1) is 21.1. The van der Waals surface area contributed by atoms with E-state index in [1.54, 1.807) is 16.2 Å². The molecule has 0 radical (unpaired) electrons. The molecule has 8 heteroatoms. The summed E-state index contributed by atoms with van der Waals surface area (Å²) in [7, 11) is 0. The van der Waals surface area contributed by atoms with Crippen molar-refractivity contribution in [3.05, 3.63) is 57.0 Å². The third-order valence-electron chi connectivity index (χ3n) is 5.36. The predicted octanol–water partition coefficient (Wildman–Crippen LogP) is 4.62. The van der Waals surface area contributed by atoms with Crippen LogP contribution in [0.5, 0.6) is 0 Å². The molecule has 0 aliphatic carbocycles. The van der Waals surface area contributed by atoms with Crippen LogP contribution in [0.2, 0.25) is 0 Å². The van der Waals surface area contributed by atoms with Gasteiger partial charge < -0.3 is 10.2 Å². The normalized spacial score (nSPS) is 16.0. The van der Waals surface area contributed by atoms with Gasteiger partial charge in [0, 0.05) is 50.6 Å². The third kappa shape index (κ3) is 4.94. The maximum Gasteiger partial charge on any atom is 0.263 e. The molecule has 158 valence electrons. The van der Waals surface area contributed by atoms with Gasteiger partial charge in [-0.2, -0.15) is 0 Å². The zero-order valence-electron chi connectivity index (χ0n) is 17.2. The molecule has 4 rings (SSSR count). The number of nitrogens with zero attached hydrogens (tertiary/aromatic N) is 3. The first-order valence-electron chi connectivity index (χ1n) is 10.0. The second-order valence-corrected chi connectivity index (χ2v) is 9.94. The lowest BCUT2D eigenvalue weighted by atomic mass is 9.93. The molecule has 30 heavy (non-hydrogen) atoms.